The lowest BCUT2D eigenvalue weighted by atomic mass is 10.1. The van der Waals surface area contributed by atoms with Crippen LogP contribution < -0.4 is 5.56 Å². The Hall–Kier alpha value is -0.720. The standard InChI is InChI=1S/C14H16BrFN2OS/c1-17-8-12(15)13-11(14(17)19)5-10(20-13)7-18-4-2-3-9(16)6-18/h5,8-9H,2-4,6-7H2,1H3. The van der Waals surface area contributed by atoms with Crippen LogP contribution in [0.4, 0.5) is 4.39 Å². The second-order valence-electron chi connectivity index (χ2n) is 5.32. The molecule has 0 spiro atoms. The Morgan fingerprint density at radius 2 is 2.35 bits per heavy atom. The van der Waals surface area contributed by atoms with Gasteiger partial charge in [0, 0.05) is 31.2 Å². The number of fused-ring (bicyclic) bond motifs is 1. The fourth-order valence-electron chi connectivity index (χ4n) is 2.70. The predicted molar refractivity (Wildman–Crippen MR) is 84.2 cm³/mol. The maximum atomic E-state index is 13.4. The van der Waals surface area contributed by atoms with Gasteiger partial charge in [-0.15, -0.1) is 11.3 Å². The minimum atomic E-state index is -0.710. The number of halogens is 2. The first-order valence-corrected chi connectivity index (χ1v) is 8.29. The van der Waals surface area contributed by atoms with Crippen molar-refractivity contribution in [3.05, 3.63) is 32.0 Å². The average molecular weight is 359 g/mol. The summed E-state index contributed by atoms with van der Waals surface area (Å²) in [6.45, 7) is 2.18. The van der Waals surface area contributed by atoms with Crippen LogP contribution in [0.3, 0.4) is 0 Å². The van der Waals surface area contributed by atoms with E-state index in [1.165, 1.54) is 0 Å². The molecule has 3 heterocycles. The molecule has 1 aliphatic rings. The molecule has 0 amide bonds. The Balaban J connectivity index is 1.91. The monoisotopic (exact) mass is 358 g/mol. The zero-order valence-corrected chi connectivity index (χ0v) is 13.6. The first-order valence-electron chi connectivity index (χ1n) is 6.68. The summed E-state index contributed by atoms with van der Waals surface area (Å²) in [5, 5.41) is 0.746. The fraction of sp³-hybridized carbons (Fsp3) is 0.500. The van der Waals surface area contributed by atoms with Gasteiger partial charge >= 0.3 is 0 Å². The molecule has 20 heavy (non-hydrogen) atoms. The lowest BCUT2D eigenvalue weighted by molar-refractivity contribution is 0.134. The van der Waals surface area contributed by atoms with Gasteiger partial charge in [-0.25, -0.2) is 4.39 Å². The normalized spacial score (nSPS) is 20.6. The number of aryl methyl sites for hydroxylation is 1. The van der Waals surface area contributed by atoms with E-state index in [4.69, 9.17) is 0 Å². The number of hydrogen-bond acceptors (Lipinski definition) is 3. The molecule has 0 aliphatic carbocycles. The number of pyridine rings is 1. The Labute approximate surface area is 129 Å². The zero-order valence-electron chi connectivity index (χ0n) is 11.2. The fourth-order valence-corrected chi connectivity index (χ4v) is 4.55. The van der Waals surface area contributed by atoms with E-state index in [0.29, 0.717) is 13.0 Å². The van der Waals surface area contributed by atoms with Crippen LogP contribution >= 0.6 is 27.3 Å². The van der Waals surface area contributed by atoms with Crippen molar-refractivity contribution in [1.82, 2.24) is 9.47 Å². The number of likely N-dealkylation sites (tertiary alicyclic amines) is 1. The zero-order chi connectivity index (χ0) is 14.3. The van der Waals surface area contributed by atoms with Crippen LogP contribution in [0.1, 0.15) is 17.7 Å². The third-order valence-electron chi connectivity index (χ3n) is 3.69. The topological polar surface area (TPSA) is 25.2 Å². The minimum Gasteiger partial charge on any atom is -0.317 e. The number of aromatic nitrogens is 1. The summed E-state index contributed by atoms with van der Waals surface area (Å²) < 4.78 is 16.9. The molecule has 2 aromatic heterocycles. The first-order chi connectivity index (χ1) is 9.54. The van der Waals surface area contributed by atoms with E-state index in [9.17, 15) is 9.18 Å². The maximum absolute atomic E-state index is 13.4. The Morgan fingerprint density at radius 1 is 1.55 bits per heavy atom. The van der Waals surface area contributed by atoms with E-state index in [1.54, 1.807) is 29.1 Å². The van der Waals surface area contributed by atoms with E-state index in [-0.39, 0.29) is 5.56 Å². The maximum Gasteiger partial charge on any atom is 0.259 e. The van der Waals surface area contributed by atoms with Gasteiger partial charge in [-0.2, -0.15) is 0 Å². The van der Waals surface area contributed by atoms with Gasteiger partial charge in [0.25, 0.3) is 5.56 Å². The van der Waals surface area contributed by atoms with Crippen molar-refractivity contribution in [2.24, 2.45) is 7.05 Å². The molecule has 0 saturated carbocycles. The van der Waals surface area contributed by atoms with Crippen LogP contribution in [0.2, 0.25) is 0 Å². The van der Waals surface area contributed by atoms with E-state index in [2.05, 4.69) is 20.8 Å². The highest BCUT2D eigenvalue weighted by Gasteiger charge is 2.20. The molecule has 3 nitrogen and oxygen atoms in total. The molecule has 2 aromatic rings. The molecule has 6 heteroatoms. The molecule has 0 N–H and O–H groups in total. The summed E-state index contributed by atoms with van der Waals surface area (Å²) in [5.74, 6) is 0. The van der Waals surface area contributed by atoms with Crippen molar-refractivity contribution < 1.29 is 4.39 Å². The average Bonchev–Trinajstić information content (AvgIpc) is 2.81. The highest BCUT2D eigenvalue weighted by molar-refractivity contribution is 9.10. The van der Waals surface area contributed by atoms with Gasteiger partial charge in [0.1, 0.15) is 6.17 Å². The third kappa shape index (κ3) is 2.69. The molecule has 1 unspecified atom stereocenters. The van der Waals surface area contributed by atoms with E-state index in [0.717, 1.165) is 38.9 Å². The minimum absolute atomic E-state index is 0.0210. The SMILES string of the molecule is Cn1cc(Br)c2sc(CN3CCCC(F)C3)cc2c1=O. The third-order valence-corrected chi connectivity index (χ3v) is 5.70. The molecule has 1 saturated heterocycles. The smallest absolute Gasteiger partial charge is 0.259 e. The number of hydrogen-bond donors (Lipinski definition) is 0. The van der Waals surface area contributed by atoms with Crippen LogP contribution in [-0.2, 0) is 13.6 Å². The van der Waals surface area contributed by atoms with Crippen molar-refractivity contribution in [2.45, 2.75) is 25.6 Å². The molecule has 1 fully saturated rings. The van der Waals surface area contributed by atoms with Crippen LogP contribution in [-0.4, -0.2) is 28.7 Å². The second-order valence-corrected chi connectivity index (χ2v) is 7.31. The summed E-state index contributed by atoms with van der Waals surface area (Å²) in [6, 6.07) is 1.95. The van der Waals surface area contributed by atoms with Gasteiger partial charge in [0.2, 0.25) is 0 Å². The number of nitrogens with zero attached hydrogens (tertiary/aromatic N) is 2. The second kappa shape index (κ2) is 5.58. The Morgan fingerprint density at radius 3 is 3.10 bits per heavy atom. The number of thiophene rings is 1. The molecule has 0 aromatic carbocycles. The van der Waals surface area contributed by atoms with Crippen LogP contribution in [0.5, 0.6) is 0 Å². The van der Waals surface area contributed by atoms with Crippen LogP contribution in [0.25, 0.3) is 10.1 Å². The summed E-state index contributed by atoms with van der Waals surface area (Å²) in [7, 11) is 1.75. The van der Waals surface area contributed by atoms with Crippen molar-refractivity contribution >= 4 is 37.4 Å². The summed E-state index contributed by atoms with van der Waals surface area (Å²) in [5.41, 5.74) is 0.0210. The number of alkyl halides is 1. The molecular weight excluding hydrogens is 343 g/mol. The van der Waals surface area contributed by atoms with Gasteiger partial charge in [0.05, 0.1) is 14.6 Å². The van der Waals surface area contributed by atoms with Crippen molar-refractivity contribution in [3.63, 3.8) is 0 Å². The van der Waals surface area contributed by atoms with Gasteiger partial charge in [0.15, 0.2) is 0 Å². The van der Waals surface area contributed by atoms with E-state index in [1.807, 2.05) is 6.07 Å². The molecule has 108 valence electrons. The first kappa shape index (κ1) is 14.2. The Bertz CT molecular complexity index is 696. The van der Waals surface area contributed by atoms with Crippen molar-refractivity contribution in [3.8, 4) is 0 Å². The Kier molecular flexibility index (Phi) is 3.97. The quantitative estimate of drug-likeness (QED) is 0.822. The molecule has 3 rings (SSSR count). The molecule has 0 bridgehead atoms. The lowest BCUT2D eigenvalue weighted by Crippen LogP contribution is -2.35. The largest absolute Gasteiger partial charge is 0.317 e. The highest BCUT2D eigenvalue weighted by atomic mass is 79.9. The van der Waals surface area contributed by atoms with E-state index >= 15 is 0 Å². The van der Waals surface area contributed by atoms with E-state index < -0.39 is 6.17 Å². The summed E-state index contributed by atoms with van der Waals surface area (Å²) >= 11 is 5.12. The van der Waals surface area contributed by atoms with Crippen LogP contribution in [0.15, 0.2) is 21.5 Å². The van der Waals surface area contributed by atoms with Gasteiger partial charge in [-0.3, -0.25) is 9.69 Å². The molecule has 1 atom stereocenters. The predicted octanol–water partition coefficient (Wildman–Crippen LogP) is 3.30. The molecule has 1 aliphatic heterocycles. The lowest BCUT2D eigenvalue weighted by Gasteiger charge is -2.28. The molecular formula is C14H16BrFN2OS. The van der Waals surface area contributed by atoms with Gasteiger partial charge < -0.3 is 4.57 Å². The van der Waals surface area contributed by atoms with Gasteiger partial charge in [-0.05, 0) is 41.4 Å². The molecule has 0 radical (unpaired) electrons. The summed E-state index contributed by atoms with van der Waals surface area (Å²) in [4.78, 5) is 15.4. The number of piperidine rings is 1. The van der Waals surface area contributed by atoms with Crippen LogP contribution in [0, 0.1) is 0 Å². The highest BCUT2D eigenvalue weighted by Crippen LogP contribution is 2.31. The number of rotatable bonds is 2. The van der Waals surface area contributed by atoms with Gasteiger partial charge in [-0.1, -0.05) is 0 Å². The van der Waals surface area contributed by atoms with Crippen molar-refractivity contribution in [2.75, 3.05) is 13.1 Å². The summed E-state index contributed by atoms with van der Waals surface area (Å²) in [6.07, 6.45) is 2.67. The van der Waals surface area contributed by atoms with Crippen molar-refractivity contribution in [1.29, 1.82) is 0 Å².